The molecule has 4 rings (SSSR count). The monoisotopic (exact) mass is 388 g/mol. The Morgan fingerprint density at radius 2 is 1.76 bits per heavy atom. The van der Waals surface area contributed by atoms with Gasteiger partial charge in [0.05, 0.1) is 24.8 Å². The summed E-state index contributed by atoms with van der Waals surface area (Å²) in [4.78, 5) is 17.7. The number of aliphatic hydroxyl groups is 1. The minimum Gasteiger partial charge on any atom is -0.497 e. The molecule has 0 radical (unpaired) electrons. The maximum absolute atomic E-state index is 13.1. The van der Waals surface area contributed by atoms with E-state index in [-0.39, 0.29) is 12.5 Å². The van der Waals surface area contributed by atoms with Crippen molar-refractivity contribution in [1.29, 1.82) is 0 Å². The number of ether oxygens (including phenoxy) is 1. The molecule has 29 heavy (non-hydrogen) atoms. The predicted octanol–water partition coefficient (Wildman–Crippen LogP) is 4.23. The second-order valence-corrected chi connectivity index (χ2v) is 7.48. The lowest BCUT2D eigenvalue weighted by atomic mass is 9.95. The molecular weight excluding hydrogens is 364 g/mol. The van der Waals surface area contributed by atoms with Crippen LogP contribution in [0, 0.1) is 6.92 Å². The molecule has 0 spiro atoms. The van der Waals surface area contributed by atoms with Crippen molar-refractivity contribution < 1.29 is 14.6 Å². The van der Waals surface area contributed by atoms with Crippen LogP contribution in [0.5, 0.6) is 5.75 Å². The normalized spacial score (nSPS) is 14.3. The quantitative estimate of drug-likeness (QED) is 0.663. The zero-order valence-corrected chi connectivity index (χ0v) is 16.6. The third kappa shape index (κ3) is 3.74. The minimum absolute atomic E-state index is 0.0101. The van der Waals surface area contributed by atoms with Crippen molar-refractivity contribution in [2.45, 2.75) is 31.8 Å². The van der Waals surface area contributed by atoms with E-state index in [1.54, 1.807) is 7.11 Å². The summed E-state index contributed by atoms with van der Waals surface area (Å²) in [6.07, 6.45) is 1.65. The molecule has 2 N–H and O–H groups in total. The van der Waals surface area contributed by atoms with E-state index in [2.05, 4.69) is 10.3 Å². The summed E-state index contributed by atoms with van der Waals surface area (Å²) < 4.78 is 5.21. The second-order valence-electron chi connectivity index (χ2n) is 7.48. The van der Waals surface area contributed by atoms with Gasteiger partial charge in [-0.25, -0.2) is 4.98 Å². The molecule has 3 aromatic rings. The van der Waals surface area contributed by atoms with Crippen LogP contribution in [0.2, 0.25) is 0 Å². The molecule has 1 heterocycles. The molecule has 1 saturated carbocycles. The minimum atomic E-state index is -0.484. The van der Waals surface area contributed by atoms with E-state index >= 15 is 0 Å². The zero-order valence-electron chi connectivity index (χ0n) is 16.6. The third-order valence-electron chi connectivity index (χ3n) is 5.58. The average molecular weight is 388 g/mol. The molecule has 5 nitrogen and oxygen atoms in total. The van der Waals surface area contributed by atoms with E-state index in [1.165, 1.54) is 0 Å². The van der Waals surface area contributed by atoms with Gasteiger partial charge in [-0.2, -0.15) is 0 Å². The fourth-order valence-corrected chi connectivity index (χ4v) is 3.58. The number of nitrogens with zero attached hydrogens (tertiary/aromatic N) is 1. The van der Waals surface area contributed by atoms with Crippen molar-refractivity contribution >= 4 is 11.7 Å². The number of hydrogen-bond donors (Lipinski definition) is 2. The summed E-state index contributed by atoms with van der Waals surface area (Å²) in [6.45, 7) is 2.00. The number of anilines is 1. The molecule has 1 aliphatic carbocycles. The van der Waals surface area contributed by atoms with E-state index in [4.69, 9.17) is 4.74 Å². The number of carbonyl (C=O) groups excluding carboxylic acids is 1. The molecule has 1 fully saturated rings. The van der Waals surface area contributed by atoms with Crippen LogP contribution >= 0.6 is 0 Å². The molecule has 0 bridgehead atoms. The highest BCUT2D eigenvalue weighted by Crippen LogP contribution is 2.49. The van der Waals surface area contributed by atoms with Crippen molar-refractivity contribution in [3.63, 3.8) is 0 Å². The Morgan fingerprint density at radius 1 is 1.07 bits per heavy atom. The van der Waals surface area contributed by atoms with Crippen LogP contribution < -0.4 is 10.1 Å². The summed E-state index contributed by atoms with van der Waals surface area (Å²) in [6, 6.07) is 19.1. The lowest BCUT2D eigenvalue weighted by Gasteiger charge is -2.17. The van der Waals surface area contributed by atoms with Crippen molar-refractivity contribution in [3.8, 4) is 17.0 Å². The topological polar surface area (TPSA) is 71.5 Å². The van der Waals surface area contributed by atoms with Gasteiger partial charge in [-0.3, -0.25) is 4.79 Å². The number of methoxy groups -OCH3 is 1. The van der Waals surface area contributed by atoms with Crippen LogP contribution in [-0.4, -0.2) is 23.1 Å². The molecule has 148 valence electrons. The first-order valence-electron chi connectivity index (χ1n) is 9.69. The highest BCUT2D eigenvalue weighted by atomic mass is 16.5. The number of aliphatic hydroxyl groups excluding tert-OH is 1. The van der Waals surface area contributed by atoms with Crippen molar-refractivity contribution in [2.75, 3.05) is 12.4 Å². The second kappa shape index (κ2) is 7.68. The first-order valence-corrected chi connectivity index (χ1v) is 9.69. The van der Waals surface area contributed by atoms with Crippen LogP contribution in [0.25, 0.3) is 11.3 Å². The van der Waals surface area contributed by atoms with Gasteiger partial charge in [0.25, 0.3) is 0 Å². The average Bonchev–Trinajstić information content (AvgIpc) is 3.57. The Bertz CT molecular complexity index is 1020. The molecule has 5 heteroatoms. The Hall–Kier alpha value is -3.18. The summed E-state index contributed by atoms with van der Waals surface area (Å²) in [7, 11) is 1.63. The summed E-state index contributed by atoms with van der Waals surface area (Å²) >= 11 is 0. The van der Waals surface area contributed by atoms with Gasteiger partial charge in [-0.05, 0) is 54.7 Å². The van der Waals surface area contributed by atoms with E-state index in [1.807, 2.05) is 67.6 Å². The number of aryl methyl sites for hydroxylation is 1. The molecule has 1 aliphatic rings. The van der Waals surface area contributed by atoms with Crippen LogP contribution in [0.4, 0.5) is 5.82 Å². The molecule has 0 aliphatic heterocycles. The summed E-state index contributed by atoms with van der Waals surface area (Å²) in [5.74, 6) is 1.30. The smallest absolute Gasteiger partial charge is 0.236 e. The summed E-state index contributed by atoms with van der Waals surface area (Å²) in [5, 5.41) is 12.2. The number of rotatable bonds is 6. The first kappa shape index (κ1) is 19.2. The third-order valence-corrected chi connectivity index (χ3v) is 5.58. The number of amides is 1. The van der Waals surface area contributed by atoms with Gasteiger partial charge in [0, 0.05) is 5.56 Å². The highest BCUT2D eigenvalue weighted by molar-refractivity contribution is 6.01. The van der Waals surface area contributed by atoms with Crippen LogP contribution in [0.1, 0.15) is 29.5 Å². The van der Waals surface area contributed by atoms with Gasteiger partial charge < -0.3 is 15.2 Å². The number of nitrogens with one attached hydrogen (secondary N) is 1. The largest absolute Gasteiger partial charge is 0.497 e. The Morgan fingerprint density at radius 3 is 2.34 bits per heavy atom. The van der Waals surface area contributed by atoms with E-state index in [9.17, 15) is 9.90 Å². The number of hydrogen-bond acceptors (Lipinski definition) is 4. The molecule has 1 amide bonds. The van der Waals surface area contributed by atoms with Crippen molar-refractivity contribution in [1.82, 2.24) is 4.98 Å². The fourth-order valence-electron chi connectivity index (χ4n) is 3.58. The van der Waals surface area contributed by atoms with Gasteiger partial charge in [0.15, 0.2) is 0 Å². The Kier molecular flexibility index (Phi) is 5.07. The lowest BCUT2D eigenvalue weighted by molar-refractivity contribution is -0.118. The maximum Gasteiger partial charge on any atom is 0.236 e. The van der Waals surface area contributed by atoms with Crippen LogP contribution in [0.3, 0.4) is 0 Å². The van der Waals surface area contributed by atoms with Gasteiger partial charge in [-0.15, -0.1) is 0 Å². The van der Waals surface area contributed by atoms with Gasteiger partial charge in [0.1, 0.15) is 11.6 Å². The van der Waals surface area contributed by atoms with Gasteiger partial charge in [0.2, 0.25) is 5.91 Å². The molecule has 0 saturated heterocycles. The zero-order chi connectivity index (χ0) is 20.4. The first-order chi connectivity index (χ1) is 14.1. The van der Waals surface area contributed by atoms with Crippen molar-refractivity contribution in [2.24, 2.45) is 0 Å². The number of aromatic nitrogens is 1. The molecule has 0 atom stereocenters. The van der Waals surface area contributed by atoms with Crippen LogP contribution in [0.15, 0.2) is 60.7 Å². The fraction of sp³-hybridized carbons (Fsp3) is 0.250. The SMILES string of the molecule is COc1ccc(C2(C(=O)Nc3ccc(C)c(-c4ccc(CO)cc4)n3)CC2)cc1. The van der Waals surface area contributed by atoms with Gasteiger partial charge >= 0.3 is 0 Å². The molecule has 0 unspecified atom stereocenters. The highest BCUT2D eigenvalue weighted by Gasteiger charge is 2.51. The van der Waals surface area contributed by atoms with E-state index in [0.717, 1.165) is 46.5 Å². The standard InChI is InChI=1S/C24H24N2O3/c1-16-3-12-21(25-22(16)18-6-4-17(15-27)5-7-18)26-23(28)24(13-14-24)19-8-10-20(29-2)11-9-19/h3-12,27H,13-15H2,1-2H3,(H,25,26,28). The lowest BCUT2D eigenvalue weighted by Crippen LogP contribution is -2.28. The maximum atomic E-state index is 13.1. The van der Waals surface area contributed by atoms with E-state index in [0.29, 0.717) is 5.82 Å². The molecular formula is C24H24N2O3. The molecule has 1 aromatic heterocycles. The number of pyridine rings is 1. The number of carbonyl (C=O) groups is 1. The number of benzene rings is 2. The predicted molar refractivity (Wildman–Crippen MR) is 113 cm³/mol. The Labute approximate surface area is 170 Å². The van der Waals surface area contributed by atoms with Crippen LogP contribution in [-0.2, 0) is 16.8 Å². The molecule has 2 aromatic carbocycles. The van der Waals surface area contributed by atoms with E-state index < -0.39 is 5.41 Å². The van der Waals surface area contributed by atoms with Crippen molar-refractivity contribution in [3.05, 3.63) is 77.4 Å². The Balaban J connectivity index is 1.56. The summed E-state index contributed by atoms with van der Waals surface area (Å²) in [5.41, 5.74) is 4.17. The van der Waals surface area contributed by atoms with Gasteiger partial charge in [-0.1, -0.05) is 42.5 Å².